The normalized spacial score (nSPS) is 31.2. The van der Waals surface area contributed by atoms with Crippen LogP contribution in [0.15, 0.2) is 24.3 Å². The molecule has 0 heterocycles. The summed E-state index contributed by atoms with van der Waals surface area (Å²) in [5.74, 6) is 4.00. The van der Waals surface area contributed by atoms with E-state index in [1.165, 1.54) is 37.8 Å². The fraction of sp³-hybridized carbons (Fsp3) is 0.789. The summed E-state index contributed by atoms with van der Waals surface area (Å²) in [6, 6.07) is 0. The van der Waals surface area contributed by atoms with Crippen LogP contribution in [0.2, 0.25) is 0 Å². The van der Waals surface area contributed by atoms with E-state index in [4.69, 9.17) is 32.7 Å². The smallest absolute Gasteiger partial charge is 0.331 e. The van der Waals surface area contributed by atoms with Gasteiger partial charge in [0.2, 0.25) is 10.5 Å². The summed E-state index contributed by atoms with van der Waals surface area (Å²) in [4.78, 5) is 44.2. The SMILES string of the molecule is CC(C)[C@@H]1CC[C@@H](C)C[C@H]1O.CC(C)[C@@H]1CC[C@@H](C)C[C@H]1OC(=O)/C=C/C(=O)O[C@@H]1C[C@H](C)CC[C@H]1C(C)C.O=C(Cl)/C=C/C(=O)Cl. The van der Waals surface area contributed by atoms with Crippen molar-refractivity contribution in [2.75, 3.05) is 0 Å². The average Bonchev–Trinajstić information content (AvgIpc) is 2.95. The summed E-state index contributed by atoms with van der Waals surface area (Å²) < 4.78 is 11.4. The van der Waals surface area contributed by atoms with Crippen LogP contribution in [0.4, 0.5) is 0 Å². The lowest BCUT2D eigenvalue weighted by Crippen LogP contribution is -2.36. The van der Waals surface area contributed by atoms with Gasteiger partial charge in [0, 0.05) is 24.3 Å². The quantitative estimate of drug-likeness (QED) is 0.145. The summed E-state index contributed by atoms with van der Waals surface area (Å²) in [7, 11) is 0. The van der Waals surface area contributed by atoms with Gasteiger partial charge in [-0.15, -0.1) is 0 Å². The lowest BCUT2D eigenvalue weighted by molar-refractivity contribution is -0.152. The largest absolute Gasteiger partial charge is 0.459 e. The molecule has 3 rings (SSSR count). The van der Waals surface area contributed by atoms with Gasteiger partial charge in [-0.3, -0.25) is 9.59 Å². The Morgan fingerprint density at radius 2 is 0.872 bits per heavy atom. The number of carbonyl (C=O) groups excluding carboxylic acids is 4. The minimum Gasteiger partial charge on any atom is -0.459 e. The molecule has 1 N–H and O–H groups in total. The van der Waals surface area contributed by atoms with Gasteiger partial charge in [-0.1, -0.05) is 81.6 Å². The summed E-state index contributed by atoms with van der Waals surface area (Å²) in [6.45, 7) is 19.8. The highest BCUT2D eigenvalue weighted by molar-refractivity contribution is 6.69. The first kappa shape index (κ1) is 43.3. The Balaban J connectivity index is 0.000000473. The van der Waals surface area contributed by atoms with Crippen LogP contribution in [0, 0.1) is 53.3 Å². The molecule has 0 bridgehead atoms. The molecule has 0 aromatic heterocycles. The predicted molar refractivity (Wildman–Crippen MR) is 190 cm³/mol. The van der Waals surface area contributed by atoms with Gasteiger partial charge in [0.15, 0.2) is 0 Å². The molecule has 7 nitrogen and oxygen atoms in total. The zero-order valence-corrected chi connectivity index (χ0v) is 31.8. The number of hydrogen-bond donors (Lipinski definition) is 1. The standard InChI is InChI=1S/C24H40O4.C10H20O.C4H2Cl2O2/c1-15(2)19-9-7-17(5)13-21(19)27-23(25)11-12-24(26)28-22-14-18(6)8-10-20(22)16(3)4;1-7(2)9-5-4-8(3)6-10(9)11;5-3(7)1-2-4(6)8/h11-12,15-22H,7-10,13-14H2,1-6H3;7-11H,4-6H2,1-3H3;1-2H/b12-11+;;2-1+/t17-,18-,19+,20+,21-,22-;8-,9+,10-;/m11./s1. The lowest BCUT2D eigenvalue weighted by atomic mass is 9.75. The number of allylic oxidation sites excluding steroid dienone is 2. The van der Waals surface area contributed by atoms with Crippen molar-refractivity contribution in [2.24, 2.45) is 53.3 Å². The molecule has 3 aliphatic rings. The Bertz CT molecular complexity index is 973. The van der Waals surface area contributed by atoms with Crippen LogP contribution in [0.1, 0.15) is 120 Å². The lowest BCUT2D eigenvalue weighted by Gasteiger charge is -2.36. The van der Waals surface area contributed by atoms with E-state index in [9.17, 15) is 24.3 Å². The topological polar surface area (TPSA) is 107 Å². The minimum absolute atomic E-state index is 0.0289. The van der Waals surface area contributed by atoms with E-state index in [-0.39, 0.29) is 18.3 Å². The second-order valence-electron chi connectivity index (χ2n) is 15.3. The van der Waals surface area contributed by atoms with Gasteiger partial charge in [0.05, 0.1) is 6.10 Å². The van der Waals surface area contributed by atoms with Crippen LogP contribution in [-0.4, -0.2) is 45.8 Å². The van der Waals surface area contributed by atoms with Gasteiger partial charge < -0.3 is 14.6 Å². The highest BCUT2D eigenvalue weighted by atomic mass is 35.5. The highest BCUT2D eigenvalue weighted by Crippen LogP contribution is 2.37. The molecular formula is C38H62Cl2O7. The van der Waals surface area contributed by atoms with Gasteiger partial charge in [0.25, 0.3) is 0 Å². The van der Waals surface area contributed by atoms with Crippen molar-refractivity contribution in [1.29, 1.82) is 0 Å². The van der Waals surface area contributed by atoms with E-state index >= 15 is 0 Å². The third kappa shape index (κ3) is 17.5. The van der Waals surface area contributed by atoms with Gasteiger partial charge in [-0.25, -0.2) is 9.59 Å². The predicted octanol–water partition coefficient (Wildman–Crippen LogP) is 9.06. The van der Waals surface area contributed by atoms with Crippen molar-refractivity contribution in [3.05, 3.63) is 24.3 Å². The molecule has 0 aromatic rings. The van der Waals surface area contributed by atoms with Crippen molar-refractivity contribution >= 4 is 45.6 Å². The number of ether oxygens (including phenoxy) is 2. The van der Waals surface area contributed by atoms with Gasteiger partial charge in [-0.05, 0) is 115 Å². The molecule has 0 saturated heterocycles. The maximum atomic E-state index is 12.3. The maximum Gasteiger partial charge on any atom is 0.331 e. The third-order valence-corrected chi connectivity index (χ3v) is 10.4. The fourth-order valence-electron chi connectivity index (χ4n) is 7.30. The van der Waals surface area contributed by atoms with Crippen molar-refractivity contribution < 1.29 is 33.8 Å². The summed E-state index contributed by atoms with van der Waals surface area (Å²) in [6.07, 6.45) is 14.1. The number of esters is 2. The number of aliphatic hydroxyl groups excluding tert-OH is 1. The van der Waals surface area contributed by atoms with E-state index in [2.05, 4.69) is 62.3 Å². The first-order chi connectivity index (χ1) is 21.9. The molecule has 0 amide bonds. The number of rotatable bonds is 9. The average molecular weight is 702 g/mol. The maximum absolute atomic E-state index is 12.3. The van der Waals surface area contributed by atoms with Crippen LogP contribution in [0.25, 0.3) is 0 Å². The van der Waals surface area contributed by atoms with Crippen LogP contribution in [0.3, 0.4) is 0 Å². The molecule has 9 heteroatoms. The molecule has 3 fully saturated rings. The van der Waals surface area contributed by atoms with Gasteiger partial charge in [0.1, 0.15) is 12.2 Å². The first-order valence-electron chi connectivity index (χ1n) is 17.7. The van der Waals surface area contributed by atoms with E-state index < -0.39 is 22.4 Å². The molecule has 0 aromatic carbocycles. The number of carbonyl (C=O) groups is 4. The van der Waals surface area contributed by atoms with Crippen molar-refractivity contribution in [3.63, 3.8) is 0 Å². The molecular weight excluding hydrogens is 639 g/mol. The molecule has 47 heavy (non-hydrogen) atoms. The third-order valence-electron chi connectivity index (χ3n) is 10.1. The van der Waals surface area contributed by atoms with Gasteiger partial charge >= 0.3 is 11.9 Å². The molecule has 0 radical (unpaired) electrons. The fourth-order valence-corrected chi connectivity index (χ4v) is 7.42. The summed E-state index contributed by atoms with van der Waals surface area (Å²) >= 11 is 9.57. The molecule has 270 valence electrons. The highest BCUT2D eigenvalue weighted by Gasteiger charge is 2.34. The van der Waals surface area contributed by atoms with E-state index in [0.717, 1.165) is 50.2 Å². The van der Waals surface area contributed by atoms with Crippen LogP contribution in [-0.2, 0) is 28.7 Å². The van der Waals surface area contributed by atoms with Crippen molar-refractivity contribution in [3.8, 4) is 0 Å². The minimum atomic E-state index is -0.709. The summed E-state index contributed by atoms with van der Waals surface area (Å²) in [5, 5.41) is 8.29. The first-order valence-corrected chi connectivity index (χ1v) is 18.5. The van der Waals surface area contributed by atoms with Crippen LogP contribution < -0.4 is 0 Å². The second-order valence-corrected chi connectivity index (χ2v) is 16.0. The second kappa shape index (κ2) is 22.1. The number of aliphatic hydroxyl groups is 1. The number of hydrogen-bond acceptors (Lipinski definition) is 7. The Kier molecular flexibility index (Phi) is 20.4. The Hall–Kier alpha value is -1.70. The Morgan fingerprint density at radius 1 is 0.553 bits per heavy atom. The van der Waals surface area contributed by atoms with E-state index in [0.29, 0.717) is 47.3 Å². The molecule has 0 unspecified atom stereocenters. The Labute approximate surface area is 294 Å². The van der Waals surface area contributed by atoms with Crippen molar-refractivity contribution in [1.82, 2.24) is 0 Å². The van der Waals surface area contributed by atoms with E-state index in [1.54, 1.807) is 0 Å². The zero-order chi connectivity index (χ0) is 35.8. The monoisotopic (exact) mass is 700 g/mol. The molecule has 0 aliphatic heterocycles. The zero-order valence-electron chi connectivity index (χ0n) is 30.3. The molecule has 9 atom stereocenters. The number of halogens is 2. The van der Waals surface area contributed by atoms with Crippen LogP contribution in [0.5, 0.6) is 0 Å². The molecule has 3 aliphatic carbocycles. The molecule has 0 spiro atoms. The molecule has 3 saturated carbocycles. The van der Waals surface area contributed by atoms with E-state index in [1.807, 2.05) is 0 Å². The van der Waals surface area contributed by atoms with Crippen molar-refractivity contribution in [2.45, 2.75) is 138 Å². The Morgan fingerprint density at radius 3 is 1.17 bits per heavy atom. The summed E-state index contributed by atoms with van der Waals surface area (Å²) in [5.41, 5.74) is 0. The van der Waals surface area contributed by atoms with Gasteiger partial charge in [-0.2, -0.15) is 0 Å². The van der Waals surface area contributed by atoms with Crippen LogP contribution >= 0.6 is 23.2 Å².